The van der Waals surface area contributed by atoms with Crippen molar-refractivity contribution < 1.29 is 17.6 Å². The summed E-state index contributed by atoms with van der Waals surface area (Å²) in [6, 6.07) is 5.43. The van der Waals surface area contributed by atoms with Crippen molar-refractivity contribution in [2.24, 2.45) is 11.8 Å². The van der Waals surface area contributed by atoms with E-state index in [9.17, 15) is 17.6 Å². The molecule has 0 aromatic heterocycles. The molecule has 6 nitrogen and oxygen atoms in total. The number of carbonyl (C=O) groups excluding carboxylic acids is 1. The molecule has 0 aliphatic carbocycles. The molecule has 1 amide bonds. The fraction of sp³-hybridized carbons (Fsp3) is 0.650. The van der Waals surface area contributed by atoms with Gasteiger partial charge in [0, 0.05) is 31.7 Å². The second-order valence-electron chi connectivity index (χ2n) is 8.30. The van der Waals surface area contributed by atoms with Crippen LogP contribution in [0.4, 0.5) is 4.39 Å². The second kappa shape index (κ2) is 8.47. The molecule has 1 aromatic carbocycles. The molecule has 28 heavy (non-hydrogen) atoms. The van der Waals surface area contributed by atoms with E-state index >= 15 is 0 Å². The Labute approximate surface area is 167 Å². The number of hydrogen-bond acceptors (Lipinski definition) is 4. The maximum Gasteiger partial charge on any atom is 0.243 e. The van der Waals surface area contributed by atoms with Crippen molar-refractivity contribution in [3.05, 3.63) is 30.1 Å². The number of benzene rings is 1. The Hall–Kier alpha value is -1.51. The number of carbonyl (C=O) groups is 1. The Morgan fingerprint density at radius 1 is 1.18 bits per heavy atom. The summed E-state index contributed by atoms with van der Waals surface area (Å²) in [6.45, 7) is 5.59. The summed E-state index contributed by atoms with van der Waals surface area (Å²) < 4.78 is 40.1. The largest absolute Gasteiger partial charge is 0.354 e. The van der Waals surface area contributed by atoms with E-state index < -0.39 is 15.8 Å². The van der Waals surface area contributed by atoms with Gasteiger partial charge in [-0.25, -0.2) is 12.8 Å². The van der Waals surface area contributed by atoms with E-state index in [1.165, 1.54) is 28.6 Å². The minimum absolute atomic E-state index is 0.00150. The number of halogens is 1. The number of piperidine rings is 1. The van der Waals surface area contributed by atoms with Gasteiger partial charge in [0.05, 0.1) is 10.8 Å². The monoisotopic (exact) mass is 411 g/mol. The minimum Gasteiger partial charge on any atom is -0.354 e. The summed E-state index contributed by atoms with van der Waals surface area (Å²) in [7, 11) is -1.54. The summed E-state index contributed by atoms with van der Waals surface area (Å²) in [5.74, 6) is 0.0403. The molecule has 3 rings (SSSR count). The molecule has 2 aliphatic heterocycles. The van der Waals surface area contributed by atoms with Crippen LogP contribution < -0.4 is 5.32 Å². The van der Waals surface area contributed by atoms with Gasteiger partial charge in [-0.1, -0.05) is 0 Å². The highest BCUT2D eigenvalue weighted by atomic mass is 32.2. The molecule has 156 valence electrons. The third kappa shape index (κ3) is 4.55. The van der Waals surface area contributed by atoms with Gasteiger partial charge in [-0.3, -0.25) is 4.79 Å². The smallest absolute Gasteiger partial charge is 0.243 e. The van der Waals surface area contributed by atoms with Gasteiger partial charge < -0.3 is 10.2 Å². The zero-order chi connectivity index (χ0) is 20.5. The SMILES string of the molecule is CC(C)NC(=O)[C@H]1C[C@@H](C2CCN(S(=O)(=O)c3ccc(F)cc3)CC2)N(C)C1. The Bertz CT molecular complexity index is 789. The Morgan fingerprint density at radius 2 is 1.79 bits per heavy atom. The van der Waals surface area contributed by atoms with E-state index in [-0.39, 0.29) is 22.8 Å². The van der Waals surface area contributed by atoms with Gasteiger partial charge in [0.1, 0.15) is 5.82 Å². The molecule has 2 aliphatic rings. The van der Waals surface area contributed by atoms with E-state index in [0.29, 0.717) is 25.0 Å². The van der Waals surface area contributed by atoms with E-state index in [1.807, 2.05) is 13.8 Å². The maximum absolute atomic E-state index is 13.1. The highest BCUT2D eigenvalue weighted by molar-refractivity contribution is 7.89. The van der Waals surface area contributed by atoms with Crippen LogP contribution in [0, 0.1) is 17.7 Å². The van der Waals surface area contributed by atoms with E-state index in [2.05, 4.69) is 17.3 Å². The van der Waals surface area contributed by atoms with E-state index in [4.69, 9.17) is 0 Å². The maximum atomic E-state index is 13.1. The average Bonchev–Trinajstić information content (AvgIpc) is 3.03. The van der Waals surface area contributed by atoms with Crippen LogP contribution in [0.15, 0.2) is 29.2 Å². The van der Waals surface area contributed by atoms with Crippen molar-refractivity contribution in [2.75, 3.05) is 26.7 Å². The molecule has 2 fully saturated rings. The number of likely N-dealkylation sites (tertiary alicyclic amines) is 1. The van der Waals surface area contributed by atoms with Crippen LogP contribution in [-0.4, -0.2) is 62.3 Å². The number of nitrogens with zero attached hydrogens (tertiary/aromatic N) is 2. The van der Waals surface area contributed by atoms with Gasteiger partial charge in [0.2, 0.25) is 15.9 Å². The predicted octanol–water partition coefficient (Wildman–Crippen LogP) is 2.07. The number of hydrogen-bond donors (Lipinski definition) is 1. The standard InChI is InChI=1S/C20H30FN3O3S/c1-14(2)22-20(25)16-12-19(23(3)13-16)15-8-10-24(11-9-15)28(26,27)18-6-4-17(21)5-7-18/h4-7,14-16,19H,8-13H2,1-3H3,(H,22,25)/t16-,19-/m0/s1. The van der Waals surface area contributed by atoms with E-state index in [1.54, 1.807) is 0 Å². The molecule has 2 atom stereocenters. The van der Waals surface area contributed by atoms with Gasteiger partial charge in [0.25, 0.3) is 0 Å². The second-order valence-corrected chi connectivity index (χ2v) is 10.2. The Morgan fingerprint density at radius 3 is 2.36 bits per heavy atom. The Balaban J connectivity index is 1.59. The topological polar surface area (TPSA) is 69.7 Å². The lowest BCUT2D eigenvalue weighted by atomic mass is 9.87. The third-order valence-electron chi connectivity index (χ3n) is 5.90. The highest BCUT2D eigenvalue weighted by Crippen LogP contribution is 2.34. The van der Waals surface area contributed by atoms with Crippen LogP contribution in [0.25, 0.3) is 0 Å². The van der Waals surface area contributed by atoms with Crippen LogP contribution in [-0.2, 0) is 14.8 Å². The van der Waals surface area contributed by atoms with Crippen LogP contribution >= 0.6 is 0 Å². The lowest BCUT2D eigenvalue weighted by Gasteiger charge is -2.36. The number of amides is 1. The van der Waals surface area contributed by atoms with Crippen molar-refractivity contribution in [3.63, 3.8) is 0 Å². The van der Waals surface area contributed by atoms with Crippen LogP contribution in [0.3, 0.4) is 0 Å². The van der Waals surface area contributed by atoms with Gasteiger partial charge in [0.15, 0.2) is 0 Å². The van der Waals surface area contributed by atoms with Crippen LogP contribution in [0.1, 0.15) is 33.1 Å². The zero-order valence-electron chi connectivity index (χ0n) is 16.8. The van der Waals surface area contributed by atoms with Gasteiger partial charge in [-0.2, -0.15) is 4.31 Å². The molecular weight excluding hydrogens is 381 g/mol. The van der Waals surface area contributed by atoms with Crippen molar-refractivity contribution in [1.29, 1.82) is 0 Å². The third-order valence-corrected chi connectivity index (χ3v) is 7.81. The van der Waals surface area contributed by atoms with Crippen molar-refractivity contribution >= 4 is 15.9 Å². The van der Waals surface area contributed by atoms with E-state index in [0.717, 1.165) is 25.8 Å². The lowest BCUT2D eigenvalue weighted by Crippen LogP contribution is -2.43. The Kier molecular flexibility index (Phi) is 6.41. The first-order valence-corrected chi connectivity index (χ1v) is 11.4. The number of nitrogens with one attached hydrogen (secondary N) is 1. The first-order valence-electron chi connectivity index (χ1n) is 9.95. The summed E-state index contributed by atoms with van der Waals surface area (Å²) in [4.78, 5) is 14.7. The van der Waals surface area contributed by atoms with Crippen molar-refractivity contribution in [2.45, 2.75) is 50.1 Å². The molecule has 2 saturated heterocycles. The summed E-state index contributed by atoms with van der Waals surface area (Å²) in [5, 5.41) is 3.00. The van der Waals surface area contributed by atoms with Gasteiger partial charge in [-0.15, -0.1) is 0 Å². The van der Waals surface area contributed by atoms with Crippen molar-refractivity contribution in [1.82, 2.24) is 14.5 Å². The van der Waals surface area contributed by atoms with Gasteiger partial charge in [-0.05, 0) is 70.3 Å². The molecule has 1 aromatic rings. The normalized spacial score (nSPS) is 25.3. The zero-order valence-corrected chi connectivity index (χ0v) is 17.6. The summed E-state index contributed by atoms with van der Waals surface area (Å²) in [5.41, 5.74) is 0. The predicted molar refractivity (Wildman–Crippen MR) is 106 cm³/mol. The molecule has 0 unspecified atom stereocenters. The summed E-state index contributed by atoms with van der Waals surface area (Å²) >= 11 is 0. The first-order chi connectivity index (χ1) is 13.2. The molecule has 0 spiro atoms. The molecule has 2 heterocycles. The van der Waals surface area contributed by atoms with Crippen LogP contribution in [0.5, 0.6) is 0 Å². The molecule has 0 bridgehead atoms. The quantitative estimate of drug-likeness (QED) is 0.805. The molecule has 8 heteroatoms. The molecular formula is C20H30FN3O3S. The van der Waals surface area contributed by atoms with Gasteiger partial charge >= 0.3 is 0 Å². The minimum atomic E-state index is -3.59. The highest BCUT2D eigenvalue weighted by Gasteiger charge is 2.40. The summed E-state index contributed by atoms with van der Waals surface area (Å²) in [6.07, 6.45) is 2.37. The van der Waals surface area contributed by atoms with Crippen molar-refractivity contribution in [3.8, 4) is 0 Å². The fourth-order valence-electron chi connectivity index (χ4n) is 4.43. The molecule has 0 radical (unpaired) electrons. The number of rotatable bonds is 5. The molecule has 1 N–H and O–H groups in total. The number of sulfonamides is 1. The molecule has 0 saturated carbocycles. The average molecular weight is 412 g/mol. The fourth-order valence-corrected chi connectivity index (χ4v) is 5.90. The van der Waals surface area contributed by atoms with Crippen LogP contribution in [0.2, 0.25) is 0 Å². The lowest BCUT2D eigenvalue weighted by molar-refractivity contribution is -0.125. The first kappa shape index (κ1) is 21.2.